The zero-order chi connectivity index (χ0) is 19.3. The summed E-state index contributed by atoms with van der Waals surface area (Å²) in [5, 5.41) is 0. The smallest absolute Gasteiger partial charge is 0.274 e. The van der Waals surface area contributed by atoms with E-state index in [9.17, 15) is 4.79 Å². The third-order valence-electron chi connectivity index (χ3n) is 5.53. The number of hydrogen-bond acceptors (Lipinski definition) is 6. The number of amides is 1. The number of piperidine rings is 1. The topological polar surface area (TPSA) is 61.8 Å². The second-order valence-corrected chi connectivity index (χ2v) is 7.26. The van der Waals surface area contributed by atoms with Crippen molar-refractivity contribution in [3.8, 4) is 5.75 Å². The lowest BCUT2D eigenvalue weighted by Crippen LogP contribution is -2.49. The van der Waals surface area contributed by atoms with E-state index in [1.54, 1.807) is 19.5 Å². The summed E-state index contributed by atoms with van der Waals surface area (Å²) in [4.78, 5) is 28.1. The highest BCUT2D eigenvalue weighted by atomic mass is 16.5. The molecule has 0 bridgehead atoms. The molecule has 0 N–H and O–H groups in total. The Morgan fingerprint density at radius 1 is 0.893 bits per heavy atom. The molecule has 2 saturated heterocycles. The molecule has 7 nitrogen and oxygen atoms in total. The van der Waals surface area contributed by atoms with Gasteiger partial charge in [0.05, 0.1) is 25.2 Å². The fourth-order valence-corrected chi connectivity index (χ4v) is 3.92. The van der Waals surface area contributed by atoms with Crippen LogP contribution in [0.5, 0.6) is 5.75 Å². The largest absolute Gasteiger partial charge is 0.495 e. The summed E-state index contributed by atoms with van der Waals surface area (Å²) in [7, 11) is 1.69. The molecule has 0 spiro atoms. The van der Waals surface area contributed by atoms with Gasteiger partial charge in [-0.25, -0.2) is 9.97 Å². The van der Waals surface area contributed by atoms with E-state index in [-0.39, 0.29) is 5.91 Å². The number of benzene rings is 1. The summed E-state index contributed by atoms with van der Waals surface area (Å²) in [5.41, 5.74) is 1.49. The van der Waals surface area contributed by atoms with E-state index in [1.807, 2.05) is 23.1 Å². The number of para-hydroxylation sites is 2. The first-order chi connectivity index (χ1) is 13.8. The summed E-state index contributed by atoms with van der Waals surface area (Å²) in [5.74, 6) is 1.69. The lowest BCUT2D eigenvalue weighted by Gasteiger charge is -2.36. The van der Waals surface area contributed by atoms with E-state index in [4.69, 9.17) is 4.74 Å². The van der Waals surface area contributed by atoms with Crippen LogP contribution in [0, 0.1) is 0 Å². The number of anilines is 2. The van der Waals surface area contributed by atoms with Gasteiger partial charge in [0.2, 0.25) is 0 Å². The predicted molar refractivity (Wildman–Crippen MR) is 109 cm³/mol. The first kappa shape index (κ1) is 18.5. The molecular formula is C21H27N5O2. The summed E-state index contributed by atoms with van der Waals surface area (Å²) < 4.78 is 5.46. The SMILES string of the molecule is COc1ccccc1N1CCN(C(=O)c2cnc(N3CCCCC3)cn2)CC1. The van der Waals surface area contributed by atoms with Gasteiger partial charge in [0, 0.05) is 39.3 Å². The monoisotopic (exact) mass is 381 g/mol. The van der Waals surface area contributed by atoms with E-state index in [0.717, 1.165) is 43.4 Å². The fraction of sp³-hybridized carbons (Fsp3) is 0.476. The molecule has 28 heavy (non-hydrogen) atoms. The fourth-order valence-electron chi connectivity index (χ4n) is 3.92. The summed E-state index contributed by atoms with van der Waals surface area (Å²) in [6, 6.07) is 8.00. The molecule has 1 aromatic carbocycles. The van der Waals surface area contributed by atoms with Gasteiger partial charge in [-0.15, -0.1) is 0 Å². The molecule has 3 heterocycles. The second kappa shape index (κ2) is 8.46. The van der Waals surface area contributed by atoms with Gasteiger partial charge in [-0.2, -0.15) is 0 Å². The minimum Gasteiger partial charge on any atom is -0.495 e. The molecule has 1 aromatic heterocycles. The molecule has 2 aliphatic rings. The lowest BCUT2D eigenvalue weighted by atomic mass is 10.1. The van der Waals surface area contributed by atoms with Crippen molar-refractivity contribution < 1.29 is 9.53 Å². The molecule has 0 radical (unpaired) electrons. The molecule has 0 saturated carbocycles. The van der Waals surface area contributed by atoms with Gasteiger partial charge in [-0.05, 0) is 31.4 Å². The van der Waals surface area contributed by atoms with E-state index in [1.165, 1.54) is 19.3 Å². The molecule has 4 rings (SSSR count). The van der Waals surface area contributed by atoms with Crippen LogP contribution in [0.1, 0.15) is 29.8 Å². The second-order valence-electron chi connectivity index (χ2n) is 7.26. The number of methoxy groups -OCH3 is 1. The molecule has 2 aromatic rings. The van der Waals surface area contributed by atoms with Crippen molar-refractivity contribution in [1.29, 1.82) is 0 Å². The van der Waals surface area contributed by atoms with Crippen molar-refractivity contribution in [2.45, 2.75) is 19.3 Å². The van der Waals surface area contributed by atoms with E-state index in [0.29, 0.717) is 18.8 Å². The van der Waals surface area contributed by atoms with E-state index >= 15 is 0 Å². The van der Waals surface area contributed by atoms with Gasteiger partial charge < -0.3 is 19.4 Å². The third-order valence-corrected chi connectivity index (χ3v) is 5.53. The molecule has 2 aliphatic heterocycles. The highest BCUT2D eigenvalue weighted by Crippen LogP contribution is 2.28. The van der Waals surface area contributed by atoms with Crippen LogP contribution in [0.15, 0.2) is 36.7 Å². The maximum absolute atomic E-state index is 12.8. The summed E-state index contributed by atoms with van der Waals surface area (Å²) in [6.07, 6.45) is 7.03. The number of carbonyl (C=O) groups excluding carboxylic acids is 1. The minimum absolute atomic E-state index is 0.0441. The van der Waals surface area contributed by atoms with Crippen LogP contribution in [-0.2, 0) is 0 Å². The first-order valence-electron chi connectivity index (χ1n) is 10.0. The highest BCUT2D eigenvalue weighted by Gasteiger charge is 2.25. The Balaban J connectivity index is 1.37. The molecular weight excluding hydrogens is 354 g/mol. The van der Waals surface area contributed by atoms with E-state index in [2.05, 4.69) is 25.8 Å². The molecule has 0 atom stereocenters. The first-order valence-corrected chi connectivity index (χ1v) is 10.0. The zero-order valence-corrected chi connectivity index (χ0v) is 16.4. The molecule has 2 fully saturated rings. The van der Waals surface area contributed by atoms with Crippen LogP contribution in [-0.4, -0.2) is 67.2 Å². The number of rotatable bonds is 4. The van der Waals surface area contributed by atoms with Crippen molar-refractivity contribution in [3.05, 3.63) is 42.4 Å². The minimum atomic E-state index is -0.0441. The van der Waals surface area contributed by atoms with Crippen molar-refractivity contribution in [2.24, 2.45) is 0 Å². The van der Waals surface area contributed by atoms with Crippen molar-refractivity contribution in [2.75, 3.05) is 56.2 Å². The highest BCUT2D eigenvalue weighted by molar-refractivity contribution is 5.92. The number of hydrogen-bond donors (Lipinski definition) is 0. The van der Waals surface area contributed by atoms with Crippen LogP contribution in [0.25, 0.3) is 0 Å². The molecule has 0 unspecified atom stereocenters. The Morgan fingerprint density at radius 3 is 2.32 bits per heavy atom. The van der Waals surface area contributed by atoms with E-state index < -0.39 is 0 Å². The van der Waals surface area contributed by atoms with Crippen LogP contribution >= 0.6 is 0 Å². The number of nitrogens with zero attached hydrogens (tertiary/aromatic N) is 5. The van der Waals surface area contributed by atoms with Gasteiger partial charge in [0.15, 0.2) is 0 Å². The normalized spacial score (nSPS) is 17.5. The maximum Gasteiger partial charge on any atom is 0.274 e. The van der Waals surface area contributed by atoms with Crippen LogP contribution < -0.4 is 14.5 Å². The van der Waals surface area contributed by atoms with Crippen molar-refractivity contribution >= 4 is 17.4 Å². The number of ether oxygens (including phenoxy) is 1. The van der Waals surface area contributed by atoms with Gasteiger partial charge in [0.1, 0.15) is 17.3 Å². The third kappa shape index (κ3) is 3.88. The van der Waals surface area contributed by atoms with Gasteiger partial charge in [-0.3, -0.25) is 4.79 Å². The van der Waals surface area contributed by atoms with Gasteiger partial charge >= 0.3 is 0 Å². The average Bonchev–Trinajstić information content (AvgIpc) is 2.79. The zero-order valence-electron chi connectivity index (χ0n) is 16.4. The standard InChI is InChI=1S/C21H27N5O2/c1-28-19-8-4-3-7-18(19)24-11-13-26(14-12-24)21(27)17-15-23-20(16-22-17)25-9-5-2-6-10-25/h3-4,7-8,15-16H,2,5-6,9-14H2,1H3. The molecule has 148 valence electrons. The number of aromatic nitrogens is 2. The Kier molecular flexibility index (Phi) is 5.60. The predicted octanol–water partition coefficient (Wildman–Crippen LogP) is 2.44. The lowest BCUT2D eigenvalue weighted by molar-refractivity contribution is 0.0740. The molecule has 7 heteroatoms. The van der Waals surface area contributed by atoms with Gasteiger partial charge in [0.25, 0.3) is 5.91 Å². The molecule has 1 amide bonds. The Hall–Kier alpha value is -2.83. The van der Waals surface area contributed by atoms with Gasteiger partial charge in [-0.1, -0.05) is 12.1 Å². The van der Waals surface area contributed by atoms with Crippen LogP contribution in [0.2, 0.25) is 0 Å². The number of carbonyl (C=O) groups is 1. The summed E-state index contributed by atoms with van der Waals surface area (Å²) >= 11 is 0. The quantitative estimate of drug-likeness (QED) is 0.811. The maximum atomic E-state index is 12.8. The molecule has 0 aliphatic carbocycles. The average molecular weight is 381 g/mol. The Morgan fingerprint density at radius 2 is 1.64 bits per heavy atom. The van der Waals surface area contributed by atoms with Crippen molar-refractivity contribution in [3.63, 3.8) is 0 Å². The number of piperazine rings is 1. The Bertz CT molecular complexity index is 797. The van der Waals surface area contributed by atoms with Crippen LogP contribution in [0.4, 0.5) is 11.5 Å². The van der Waals surface area contributed by atoms with Crippen molar-refractivity contribution in [1.82, 2.24) is 14.9 Å². The summed E-state index contributed by atoms with van der Waals surface area (Å²) in [6.45, 7) is 4.90. The van der Waals surface area contributed by atoms with Crippen LogP contribution in [0.3, 0.4) is 0 Å². The Labute approximate surface area is 165 Å².